The maximum Gasteiger partial charge on any atom is 0.230 e. The average molecular weight is 297 g/mol. The van der Waals surface area contributed by atoms with Gasteiger partial charge >= 0.3 is 0 Å². The number of rotatable bonds is 2. The van der Waals surface area contributed by atoms with E-state index in [-0.39, 0.29) is 5.28 Å². The lowest BCUT2D eigenvalue weighted by Crippen LogP contribution is -2.37. The van der Waals surface area contributed by atoms with E-state index in [2.05, 4.69) is 26.8 Å². The van der Waals surface area contributed by atoms with Gasteiger partial charge in [0.1, 0.15) is 0 Å². The van der Waals surface area contributed by atoms with Crippen LogP contribution in [-0.2, 0) is 4.74 Å². The van der Waals surface area contributed by atoms with E-state index in [0.29, 0.717) is 25.0 Å². The smallest absolute Gasteiger partial charge is 0.230 e. The van der Waals surface area contributed by atoms with Gasteiger partial charge in [0.05, 0.1) is 18.1 Å². The molecule has 1 aliphatic heterocycles. The Kier molecular flexibility index (Phi) is 3.63. The zero-order valence-corrected chi connectivity index (χ0v) is 12.0. The molecule has 0 atom stereocenters. The lowest BCUT2D eigenvalue weighted by Gasteiger charge is -2.26. The molecule has 0 amide bonds. The quantitative estimate of drug-likeness (QED) is 0.852. The van der Waals surface area contributed by atoms with Crippen molar-refractivity contribution >= 4 is 28.9 Å². The number of thiophene rings is 1. The number of halogens is 1. The molecular formula is C12H13ClN4OS. The molecule has 0 saturated carbocycles. The van der Waals surface area contributed by atoms with Crippen molar-refractivity contribution in [2.45, 2.75) is 6.92 Å². The van der Waals surface area contributed by atoms with Gasteiger partial charge in [-0.2, -0.15) is 15.0 Å². The molecule has 2 aromatic heterocycles. The minimum atomic E-state index is 0.234. The van der Waals surface area contributed by atoms with Gasteiger partial charge in [-0.25, -0.2) is 0 Å². The van der Waals surface area contributed by atoms with E-state index in [1.807, 2.05) is 12.1 Å². The van der Waals surface area contributed by atoms with Crippen molar-refractivity contribution in [3.8, 4) is 10.7 Å². The summed E-state index contributed by atoms with van der Waals surface area (Å²) in [6, 6.07) is 4.06. The Morgan fingerprint density at radius 2 is 2.00 bits per heavy atom. The van der Waals surface area contributed by atoms with Crippen LogP contribution in [0, 0.1) is 6.92 Å². The number of aryl methyl sites for hydroxylation is 1. The number of ether oxygens (including phenoxy) is 1. The van der Waals surface area contributed by atoms with E-state index in [1.54, 1.807) is 11.3 Å². The highest BCUT2D eigenvalue weighted by molar-refractivity contribution is 7.15. The van der Waals surface area contributed by atoms with Crippen LogP contribution in [0.3, 0.4) is 0 Å². The van der Waals surface area contributed by atoms with E-state index in [9.17, 15) is 0 Å². The van der Waals surface area contributed by atoms with Gasteiger partial charge in [-0.1, -0.05) is 0 Å². The number of hydrogen-bond donors (Lipinski definition) is 0. The Morgan fingerprint density at radius 1 is 1.21 bits per heavy atom. The lowest BCUT2D eigenvalue weighted by molar-refractivity contribution is 0.122. The van der Waals surface area contributed by atoms with Gasteiger partial charge in [0.2, 0.25) is 11.2 Å². The molecule has 2 aromatic rings. The van der Waals surface area contributed by atoms with Gasteiger partial charge in [0, 0.05) is 18.0 Å². The number of aromatic nitrogens is 3. The zero-order chi connectivity index (χ0) is 13.2. The van der Waals surface area contributed by atoms with Crippen molar-refractivity contribution in [3.05, 3.63) is 22.3 Å². The van der Waals surface area contributed by atoms with Gasteiger partial charge < -0.3 is 9.64 Å². The molecule has 3 rings (SSSR count). The molecule has 1 fully saturated rings. The van der Waals surface area contributed by atoms with E-state index in [4.69, 9.17) is 16.3 Å². The molecule has 100 valence electrons. The number of nitrogens with zero attached hydrogens (tertiary/aromatic N) is 4. The van der Waals surface area contributed by atoms with Crippen molar-refractivity contribution in [2.24, 2.45) is 0 Å². The van der Waals surface area contributed by atoms with Crippen LogP contribution >= 0.6 is 22.9 Å². The van der Waals surface area contributed by atoms with Crippen molar-refractivity contribution < 1.29 is 4.74 Å². The Morgan fingerprint density at radius 3 is 2.68 bits per heavy atom. The van der Waals surface area contributed by atoms with E-state index in [0.717, 1.165) is 18.0 Å². The molecule has 1 aliphatic rings. The van der Waals surface area contributed by atoms with Crippen molar-refractivity contribution in [1.29, 1.82) is 0 Å². The monoisotopic (exact) mass is 296 g/mol. The third kappa shape index (κ3) is 2.86. The summed E-state index contributed by atoms with van der Waals surface area (Å²) in [6.45, 7) is 5.00. The summed E-state index contributed by atoms with van der Waals surface area (Å²) in [7, 11) is 0. The maximum atomic E-state index is 6.01. The molecule has 5 nitrogen and oxygen atoms in total. The highest BCUT2D eigenvalue weighted by Crippen LogP contribution is 2.26. The Labute approximate surface area is 120 Å². The molecule has 0 bridgehead atoms. The van der Waals surface area contributed by atoms with Gasteiger partial charge in [-0.15, -0.1) is 11.3 Å². The van der Waals surface area contributed by atoms with Crippen LogP contribution in [0.1, 0.15) is 4.88 Å². The number of hydrogen-bond acceptors (Lipinski definition) is 6. The van der Waals surface area contributed by atoms with Gasteiger partial charge in [-0.3, -0.25) is 0 Å². The molecule has 0 radical (unpaired) electrons. The van der Waals surface area contributed by atoms with Crippen molar-refractivity contribution in [1.82, 2.24) is 15.0 Å². The average Bonchev–Trinajstić information content (AvgIpc) is 2.86. The fraction of sp³-hybridized carbons (Fsp3) is 0.417. The lowest BCUT2D eigenvalue weighted by atomic mass is 10.4. The molecule has 7 heteroatoms. The third-order valence-corrected chi connectivity index (χ3v) is 4.02. The zero-order valence-electron chi connectivity index (χ0n) is 10.5. The predicted molar refractivity (Wildman–Crippen MR) is 75.9 cm³/mol. The Bertz CT molecular complexity index is 583. The largest absolute Gasteiger partial charge is 0.378 e. The summed E-state index contributed by atoms with van der Waals surface area (Å²) in [5.41, 5.74) is 0. The normalized spacial score (nSPS) is 15.8. The van der Waals surface area contributed by atoms with Crippen LogP contribution in [0.4, 0.5) is 5.95 Å². The second-order valence-corrected chi connectivity index (χ2v) is 5.86. The van der Waals surface area contributed by atoms with E-state index >= 15 is 0 Å². The third-order valence-electron chi connectivity index (χ3n) is 2.85. The minimum Gasteiger partial charge on any atom is -0.378 e. The highest BCUT2D eigenvalue weighted by Gasteiger charge is 2.17. The summed E-state index contributed by atoms with van der Waals surface area (Å²) in [6.07, 6.45) is 0. The number of anilines is 1. The first kappa shape index (κ1) is 12.8. The van der Waals surface area contributed by atoms with Crippen molar-refractivity contribution in [2.75, 3.05) is 31.2 Å². The molecule has 0 unspecified atom stereocenters. The molecule has 1 saturated heterocycles. The Balaban J connectivity index is 1.95. The molecule has 0 N–H and O–H groups in total. The van der Waals surface area contributed by atoms with Crippen LogP contribution in [0.2, 0.25) is 5.28 Å². The van der Waals surface area contributed by atoms with Crippen LogP contribution in [0.25, 0.3) is 10.7 Å². The minimum absolute atomic E-state index is 0.234. The summed E-state index contributed by atoms with van der Waals surface area (Å²) in [5.74, 6) is 1.27. The highest BCUT2D eigenvalue weighted by atomic mass is 35.5. The van der Waals surface area contributed by atoms with E-state index in [1.165, 1.54) is 4.88 Å². The molecule has 3 heterocycles. The summed E-state index contributed by atoms with van der Waals surface area (Å²) in [5, 5.41) is 0.234. The molecule has 0 aliphatic carbocycles. The van der Waals surface area contributed by atoms with Gasteiger partial charge in [0.15, 0.2) is 5.82 Å². The fourth-order valence-corrected chi connectivity index (χ4v) is 2.87. The summed E-state index contributed by atoms with van der Waals surface area (Å²) >= 11 is 7.66. The first-order chi connectivity index (χ1) is 9.22. The van der Waals surface area contributed by atoms with Crippen LogP contribution in [-0.4, -0.2) is 41.3 Å². The SMILES string of the molecule is Cc1ccc(-c2nc(Cl)nc(N3CCOCC3)n2)s1. The second kappa shape index (κ2) is 5.40. The fourth-order valence-electron chi connectivity index (χ4n) is 1.91. The molecule has 0 aromatic carbocycles. The van der Waals surface area contributed by atoms with Crippen LogP contribution in [0.5, 0.6) is 0 Å². The maximum absolute atomic E-state index is 6.01. The van der Waals surface area contributed by atoms with Gasteiger partial charge in [0.25, 0.3) is 0 Å². The standard InChI is InChI=1S/C12H13ClN4OS/c1-8-2-3-9(19-8)10-14-11(13)16-12(15-10)17-4-6-18-7-5-17/h2-3H,4-7H2,1H3. The van der Waals surface area contributed by atoms with Crippen LogP contribution in [0.15, 0.2) is 12.1 Å². The topological polar surface area (TPSA) is 51.1 Å². The second-order valence-electron chi connectivity index (χ2n) is 4.24. The van der Waals surface area contributed by atoms with Gasteiger partial charge in [-0.05, 0) is 30.7 Å². The molecule has 0 spiro atoms. The first-order valence-corrected chi connectivity index (χ1v) is 7.23. The Hall–Kier alpha value is -1.24. The summed E-state index contributed by atoms with van der Waals surface area (Å²) in [4.78, 5) is 17.2. The first-order valence-electron chi connectivity index (χ1n) is 6.03. The number of morpholine rings is 1. The summed E-state index contributed by atoms with van der Waals surface area (Å²) < 4.78 is 5.33. The predicted octanol–water partition coefficient (Wildman–Crippen LogP) is 2.40. The molecule has 19 heavy (non-hydrogen) atoms. The van der Waals surface area contributed by atoms with E-state index < -0.39 is 0 Å². The molecular weight excluding hydrogens is 284 g/mol. The van der Waals surface area contributed by atoms with Crippen LogP contribution < -0.4 is 4.90 Å². The van der Waals surface area contributed by atoms with Crippen molar-refractivity contribution in [3.63, 3.8) is 0 Å².